The highest BCUT2D eigenvalue weighted by atomic mass is 19.1. The number of nitrogens with one attached hydrogen (secondary N) is 1. The topological polar surface area (TPSA) is 48.7 Å². The van der Waals surface area contributed by atoms with E-state index in [1.54, 1.807) is 6.07 Å². The summed E-state index contributed by atoms with van der Waals surface area (Å²) in [5, 5.41) is 11.4. The lowest BCUT2D eigenvalue weighted by atomic mass is 10.2. The van der Waals surface area contributed by atoms with Gasteiger partial charge in [0.15, 0.2) is 0 Å². The Bertz CT molecular complexity index is 591. The molecule has 0 radical (unpaired) electrons. The highest BCUT2D eigenvalue weighted by Gasteiger charge is 2.07. The summed E-state index contributed by atoms with van der Waals surface area (Å²) in [6.45, 7) is 0. The first-order valence-electron chi connectivity index (χ1n) is 4.78. The van der Waals surface area contributed by atoms with Gasteiger partial charge in [-0.15, -0.1) is 0 Å². The van der Waals surface area contributed by atoms with Gasteiger partial charge in [-0.3, -0.25) is 0 Å². The van der Waals surface area contributed by atoms with Gasteiger partial charge in [-0.05, 0) is 24.3 Å². The fourth-order valence-corrected chi connectivity index (χ4v) is 1.32. The first-order chi connectivity index (χ1) is 8.20. The summed E-state index contributed by atoms with van der Waals surface area (Å²) < 4.78 is 26.3. The molecule has 1 N–H and O–H groups in total. The van der Waals surface area contributed by atoms with Crippen LogP contribution in [0, 0.1) is 23.0 Å². The first-order valence-corrected chi connectivity index (χ1v) is 4.78. The van der Waals surface area contributed by atoms with E-state index in [1.807, 2.05) is 6.07 Å². The molecule has 0 spiro atoms. The predicted molar refractivity (Wildman–Crippen MR) is 58.6 cm³/mol. The van der Waals surface area contributed by atoms with E-state index in [1.165, 1.54) is 12.3 Å². The van der Waals surface area contributed by atoms with Crippen LogP contribution in [0.15, 0.2) is 36.5 Å². The molecule has 3 nitrogen and oxygen atoms in total. The lowest BCUT2D eigenvalue weighted by Gasteiger charge is -2.07. The van der Waals surface area contributed by atoms with E-state index in [-0.39, 0.29) is 17.1 Å². The number of benzene rings is 1. The van der Waals surface area contributed by atoms with Crippen molar-refractivity contribution in [2.75, 3.05) is 5.32 Å². The Morgan fingerprint density at radius 1 is 1.24 bits per heavy atom. The van der Waals surface area contributed by atoms with E-state index >= 15 is 0 Å². The molecule has 0 fully saturated rings. The Morgan fingerprint density at radius 2 is 2.06 bits per heavy atom. The molecular formula is C12H7F2N3. The third kappa shape index (κ3) is 2.37. The zero-order chi connectivity index (χ0) is 12.3. The van der Waals surface area contributed by atoms with E-state index in [9.17, 15) is 8.78 Å². The molecule has 0 bridgehead atoms. The normalized spacial score (nSPS) is 9.71. The quantitative estimate of drug-likeness (QED) is 0.864. The minimum atomic E-state index is -0.610. The maximum Gasteiger partial charge on any atom is 0.148 e. The fourth-order valence-electron chi connectivity index (χ4n) is 1.32. The monoisotopic (exact) mass is 231 g/mol. The van der Waals surface area contributed by atoms with E-state index in [4.69, 9.17) is 5.26 Å². The molecule has 1 aromatic heterocycles. The molecule has 2 rings (SSSR count). The van der Waals surface area contributed by atoms with Crippen molar-refractivity contribution < 1.29 is 8.78 Å². The van der Waals surface area contributed by atoms with Gasteiger partial charge in [0.1, 0.15) is 23.5 Å². The number of hydrogen-bond donors (Lipinski definition) is 1. The van der Waals surface area contributed by atoms with E-state index in [0.29, 0.717) is 0 Å². The third-order valence-corrected chi connectivity index (χ3v) is 2.11. The summed E-state index contributed by atoms with van der Waals surface area (Å²) in [4.78, 5) is 3.89. The SMILES string of the molecule is N#Cc1cccnc1Nc1cc(F)ccc1F. The van der Waals surface area contributed by atoms with Crippen molar-refractivity contribution in [2.45, 2.75) is 0 Å². The number of aromatic nitrogens is 1. The summed E-state index contributed by atoms with van der Waals surface area (Å²) in [5.74, 6) is -0.983. The zero-order valence-corrected chi connectivity index (χ0v) is 8.61. The number of hydrogen-bond acceptors (Lipinski definition) is 3. The fraction of sp³-hybridized carbons (Fsp3) is 0. The largest absolute Gasteiger partial charge is 0.337 e. The Hall–Kier alpha value is -2.48. The molecule has 5 heteroatoms. The number of nitriles is 1. The summed E-state index contributed by atoms with van der Waals surface area (Å²) in [5.41, 5.74) is 0.205. The zero-order valence-electron chi connectivity index (χ0n) is 8.61. The van der Waals surface area contributed by atoms with Gasteiger partial charge in [0.25, 0.3) is 0 Å². The highest BCUT2D eigenvalue weighted by Crippen LogP contribution is 2.21. The van der Waals surface area contributed by atoms with Crippen molar-refractivity contribution in [2.24, 2.45) is 0 Å². The molecular weight excluding hydrogens is 224 g/mol. The Labute approximate surface area is 96.3 Å². The minimum Gasteiger partial charge on any atom is -0.337 e. The van der Waals surface area contributed by atoms with E-state index in [2.05, 4.69) is 10.3 Å². The molecule has 0 aliphatic carbocycles. The van der Waals surface area contributed by atoms with Crippen LogP contribution in [0.3, 0.4) is 0 Å². The van der Waals surface area contributed by atoms with Crippen LogP contribution in [-0.2, 0) is 0 Å². The predicted octanol–water partition coefficient (Wildman–Crippen LogP) is 2.98. The number of nitrogens with zero attached hydrogens (tertiary/aromatic N) is 2. The second kappa shape index (κ2) is 4.58. The van der Waals surface area contributed by atoms with Gasteiger partial charge >= 0.3 is 0 Å². The lowest BCUT2D eigenvalue weighted by molar-refractivity contribution is 0.603. The van der Waals surface area contributed by atoms with Crippen LogP contribution in [0.1, 0.15) is 5.56 Å². The van der Waals surface area contributed by atoms with Gasteiger partial charge in [0.05, 0.1) is 11.3 Å². The van der Waals surface area contributed by atoms with Gasteiger partial charge in [-0.2, -0.15) is 5.26 Å². The van der Waals surface area contributed by atoms with Gasteiger partial charge in [0.2, 0.25) is 0 Å². The van der Waals surface area contributed by atoms with Crippen molar-refractivity contribution in [1.29, 1.82) is 5.26 Å². The molecule has 0 unspecified atom stereocenters. The van der Waals surface area contributed by atoms with E-state index < -0.39 is 11.6 Å². The van der Waals surface area contributed by atoms with Gasteiger partial charge in [0, 0.05) is 12.3 Å². The smallest absolute Gasteiger partial charge is 0.148 e. The number of halogens is 2. The summed E-state index contributed by atoms with van der Waals surface area (Å²) in [6, 6.07) is 8.06. The molecule has 0 saturated carbocycles. The minimum absolute atomic E-state index is 0.0554. The Balaban J connectivity index is 2.38. The molecule has 0 aliphatic heterocycles. The maximum atomic E-state index is 13.4. The first kappa shape index (κ1) is 11.0. The Kier molecular flexibility index (Phi) is 2.97. The highest BCUT2D eigenvalue weighted by molar-refractivity contribution is 5.62. The molecule has 0 amide bonds. The van der Waals surface area contributed by atoms with Crippen LogP contribution in [-0.4, -0.2) is 4.98 Å². The van der Waals surface area contributed by atoms with Crippen LogP contribution < -0.4 is 5.32 Å². The average Bonchev–Trinajstić information content (AvgIpc) is 2.34. The van der Waals surface area contributed by atoms with Gasteiger partial charge in [-0.25, -0.2) is 13.8 Å². The maximum absolute atomic E-state index is 13.4. The van der Waals surface area contributed by atoms with Crippen molar-refractivity contribution in [1.82, 2.24) is 4.98 Å². The summed E-state index contributed by atoms with van der Waals surface area (Å²) in [7, 11) is 0. The number of rotatable bonds is 2. The summed E-state index contributed by atoms with van der Waals surface area (Å²) in [6.07, 6.45) is 1.46. The standard InChI is InChI=1S/C12H7F2N3/c13-9-3-4-10(14)11(6-9)17-12-8(7-15)2-1-5-16-12/h1-6H,(H,16,17). The lowest BCUT2D eigenvalue weighted by Crippen LogP contribution is -1.99. The summed E-state index contributed by atoms with van der Waals surface area (Å²) >= 11 is 0. The Morgan fingerprint density at radius 3 is 2.82 bits per heavy atom. The van der Waals surface area contributed by atoms with Crippen molar-refractivity contribution in [3.05, 3.63) is 53.7 Å². The van der Waals surface area contributed by atoms with E-state index in [0.717, 1.165) is 18.2 Å². The van der Waals surface area contributed by atoms with Gasteiger partial charge < -0.3 is 5.32 Å². The molecule has 2 aromatic rings. The number of anilines is 2. The van der Waals surface area contributed by atoms with Crippen LogP contribution >= 0.6 is 0 Å². The van der Waals surface area contributed by atoms with Crippen molar-refractivity contribution in [3.8, 4) is 6.07 Å². The van der Waals surface area contributed by atoms with Crippen LogP contribution in [0.5, 0.6) is 0 Å². The van der Waals surface area contributed by atoms with Gasteiger partial charge in [-0.1, -0.05) is 0 Å². The molecule has 0 atom stereocenters. The molecule has 0 saturated heterocycles. The van der Waals surface area contributed by atoms with Crippen molar-refractivity contribution >= 4 is 11.5 Å². The van der Waals surface area contributed by atoms with Crippen molar-refractivity contribution in [3.63, 3.8) is 0 Å². The molecule has 1 heterocycles. The second-order valence-electron chi connectivity index (χ2n) is 3.26. The second-order valence-corrected chi connectivity index (χ2v) is 3.26. The van der Waals surface area contributed by atoms with Crippen LogP contribution in [0.2, 0.25) is 0 Å². The molecule has 0 aliphatic rings. The average molecular weight is 231 g/mol. The molecule has 1 aromatic carbocycles. The van der Waals surface area contributed by atoms with Crippen LogP contribution in [0.25, 0.3) is 0 Å². The molecule has 17 heavy (non-hydrogen) atoms. The number of pyridine rings is 1. The molecule has 84 valence electrons. The van der Waals surface area contributed by atoms with Crippen LogP contribution in [0.4, 0.5) is 20.3 Å². The third-order valence-electron chi connectivity index (χ3n) is 2.11.